The van der Waals surface area contributed by atoms with Gasteiger partial charge in [0, 0.05) is 44.7 Å². The maximum atomic E-state index is 2.42. The third kappa shape index (κ3) is 5.95. The second-order valence-corrected chi connectivity index (χ2v) is 16.1. The second kappa shape index (κ2) is 14.1. The standard InChI is InChI=1S/C55H46N2/c1-54(2)51-25-13-12-24-49(51)50-36-35-47(39-52(50)54)56(43-19-6-3-7-20-43)45-31-27-41(28-32-45)55(37-14-5-15-38-55)42-29-33-46(34-30-42)57(44-21-8-4-9-22-44)53-26-16-18-40-17-10-11-23-48(40)53/h3-14,16-36,39H,15,37-38H2,1-2H3. The third-order valence-corrected chi connectivity index (χ3v) is 12.6. The summed E-state index contributed by atoms with van der Waals surface area (Å²) in [6.45, 7) is 4.72. The van der Waals surface area contributed by atoms with Crippen LogP contribution < -0.4 is 9.80 Å². The summed E-state index contributed by atoms with van der Waals surface area (Å²) in [5, 5.41) is 2.47. The van der Waals surface area contributed by atoms with Crippen molar-refractivity contribution in [1.82, 2.24) is 0 Å². The number of para-hydroxylation sites is 2. The van der Waals surface area contributed by atoms with E-state index >= 15 is 0 Å². The molecule has 0 saturated heterocycles. The lowest BCUT2D eigenvalue weighted by Gasteiger charge is -2.37. The van der Waals surface area contributed by atoms with Crippen molar-refractivity contribution < 1.29 is 0 Å². The molecule has 0 saturated carbocycles. The van der Waals surface area contributed by atoms with Gasteiger partial charge in [-0.1, -0.05) is 153 Å². The van der Waals surface area contributed by atoms with Gasteiger partial charge in [0.15, 0.2) is 0 Å². The molecule has 0 amide bonds. The van der Waals surface area contributed by atoms with Crippen LogP contribution in [0, 0.1) is 0 Å². The first-order chi connectivity index (χ1) is 28.0. The van der Waals surface area contributed by atoms with E-state index in [0.717, 1.165) is 42.0 Å². The van der Waals surface area contributed by atoms with E-state index in [0.29, 0.717) is 0 Å². The van der Waals surface area contributed by atoms with E-state index in [-0.39, 0.29) is 10.8 Å². The molecule has 2 aliphatic rings. The van der Waals surface area contributed by atoms with Crippen molar-refractivity contribution in [2.24, 2.45) is 0 Å². The van der Waals surface area contributed by atoms with Gasteiger partial charge in [-0.15, -0.1) is 0 Å². The predicted molar refractivity (Wildman–Crippen MR) is 241 cm³/mol. The van der Waals surface area contributed by atoms with Gasteiger partial charge in [-0.25, -0.2) is 0 Å². The number of hydrogen-bond donors (Lipinski definition) is 0. The van der Waals surface area contributed by atoms with Crippen molar-refractivity contribution in [2.45, 2.75) is 43.9 Å². The molecule has 0 aliphatic heterocycles. The highest BCUT2D eigenvalue weighted by Gasteiger charge is 2.37. The number of hydrogen-bond acceptors (Lipinski definition) is 2. The van der Waals surface area contributed by atoms with Gasteiger partial charge in [0.2, 0.25) is 0 Å². The van der Waals surface area contributed by atoms with Gasteiger partial charge in [-0.3, -0.25) is 0 Å². The Morgan fingerprint density at radius 3 is 1.65 bits per heavy atom. The molecule has 1 unspecified atom stereocenters. The van der Waals surface area contributed by atoms with Crippen LogP contribution in [0.1, 0.15) is 55.4 Å². The zero-order valence-electron chi connectivity index (χ0n) is 32.6. The Bertz CT molecular complexity index is 2720. The molecule has 0 spiro atoms. The number of fused-ring (bicyclic) bond motifs is 4. The van der Waals surface area contributed by atoms with Crippen LogP contribution in [-0.4, -0.2) is 0 Å². The second-order valence-electron chi connectivity index (χ2n) is 16.1. The van der Waals surface area contributed by atoms with E-state index in [1.807, 2.05) is 0 Å². The lowest BCUT2D eigenvalue weighted by Crippen LogP contribution is -2.29. The van der Waals surface area contributed by atoms with Crippen LogP contribution in [0.25, 0.3) is 21.9 Å². The molecule has 0 bridgehead atoms. The van der Waals surface area contributed by atoms with Crippen molar-refractivity contribution in [1.29, 1.82) is 0 Å². The van der Waals surface area contributed by atoms with Crippen LogP contribution in [-0.2, 0) is 10.8 Å². The summed E-state index contributed by atoms with van der Waals surface area (Å²) in [6.07, 6.45) is 7.83. The molecule has 0 aromatic heterocycles. The Morgan fingerprint density at radius 2 is 0.965 bits per heavy atom. The number of rotatable bonds is 8. The highest BCUT2D eigenvalue weighted by molar-refractivity contribution is 5.99. The van der Waals surface area contributed by atoms with Crippen LogP contribution >= 0.6 is 0 Å². The minimum atomic E-state index is -0.121. The van der Waals surface area contributed by atoms with Gasteiger partial charge in [-0.05, 0) is 125 Å². The average Bonchev–Trinajstić information content (AvgIpc) is 3.50. The summed E-state index contributed by atoms with van der Waals surface area (Å²) < 4.78 is 0. The zero-order valence-corrected chi connectivity index (χ0v) is 32.6. The number of nitrogens with zero attached hydrogens (tertiary/aromatic N) is 2. The average molecular weight is 735 g/mol. The van der Waals surface area contributed by atoms with Crippen molar-refractivity contribution in [3.8, 4) is 11.1 Å². The number of benzene rings is 8. The molecule has 2 heteroatoms. The normalized spacial score (nSPS) is 16.5. The summed E-state index contributed by atoms with van der Waals surface area (Å²) in [4.78, 5) is 4.81. The quantitative estimate of drug-likeness (QED) is 0.143. The first-order valence-electron chi connectivity index (χ1n) is 20.3. The van der Waals surface area contributed by atoms with Gasteiger partial charge in [-0.2, -0.15) is 0 Å². The summed E-state index contributed by atoms with van der Waals surface area (Å²) in [6, 6.07) is 71.6. The van der Waals surface area contributed by atoms with E-state index in [1.54, 1.807) is 0 Å². The first kappa shape index (κ1) is 34.8. The van der Waals surface area contributed by atoms with Gasteiger partial charge < -0.3 is 9.80 Å². The van der Waals surface area contributed by atoms with Gasteiger partial charge in [0.25, 0.3) is 0 Å². The van der Waals surface area contributed by atoms with E-state index in [1.165, 1.54) is 55.5 Å². The fourth-order valence-corrected chi connectivity index (χ4v) is 9.65. The lowest BCUT2D eigenvalue weighted by molar-refractivity contribution is 0.465. The molecule has 10 rings (SSSR count). The van der Waals surface area contributed by atoms with Gasteiger partial charge >= 0.3 is 0 Å². The summed E-state index contributed by atoms with van der Waals surface area (Å²) >= 11 is 0. The fourth-order valence-electron chi connectivity index (χ4n) is 9.65. The minimum Gasteiger partial charge on any atom is -0.310 e. The van der Waals surface area contributed by atoms with Crippen molar-refractivity contribution in [3.63, 3.8) is 0 Å². The third-order valence-electron chi connectivity index (χ3n) is 12.6. The Balaban J connectivity index is 1.03. The van der Waals surface area contributed by atoms with Crippen molar-refractivity contribution in [3.05, 3.63) is 229 Å². The van der Waals surface area contributed by atoms with Gasteiger partial charge in [0.05, 0.1) is 5.69 Å². The molecule has 276 valence electrons. The largest absolute Gasteiger partial charge is 0.310 e. The molecule has 0 N–H and O–H groups in total. The molecular weight excluding hydrogens is 689 g/mol. The molecule has 8 aromatic carbocycles. The van der Waals surface area contributed by atoms with Gasteiger partial charge in [0.1, 0.15) is 0 Å². The smallest absolute Gasteiger partial charge is 0.0540 e. The maximum Gasteiger partial charge on any atom is 0.0540 e. The van der Waals surface area contributed by atoms with Crippen LogP contribution in [0.5, 0.6) is 0 Å². The van der Waals surface area contributed by atoms with E-state index < -0.39 is 0 Å². The highest BCUT2D eigenvalue weighted by atomic mass is 15.1. The Hall–Kier alpha value is -6.64. The molecular formula is C55H46N2. The van der Waals surface area contributed by atoms with Crippen LogP contribution in [0.2, 0.25) is 0 Å². The fraction of sp³-hybridized carbons (Fsp3) is 0.127. The highest BCUT2D eigenvalue weighted by Crippen LogP contribution is 2.51. The van der Waals surface area contributed by atoms with Crippen molar-refractivity contribution >= 4 is 44.9 Å². The minimum absolute atomic E-state index is 0.0718. The summed E-state index contributed by atoms with van der Waals surface area (Å²) in [5.41, 5.74) is 14.9. The monoisotopic (exact) mass is 734 g/mol. The molecule has 1 atom stereocenters. The van der Waals surface area contributed by atoms with E-state index in [2.05, 4.69) is 230 Å². The first-order valence-corrected chi connectivity index (χ1v) is 20.3. The molecule has 0 heterocycles. The molecule has 57 heavy (non-hydrogen) atoms. The van der Waals surface area contributed by atoms with Crippen LogP contribution in [0.3, 0.4) is 0 Å². The number of allylic oxidation sites excluding steroid dienone is 2. The molecule has 2 nitrogen and oxygen atoms in total. The Labute approximate surface area is 337 Å². The molecule has 0 radical (unpaired) electrons. The summed E-state index contributed by atoms with van der Waals surface area (Å²) in [5.74, 6) is 0. The molecule has 0 fully saturated rings. The Kier molecular flexibility index (Phi) is 8.64. The van der Waals surface area contributed by atoms with E-state index in [9.17, 15) is 0 Å². The maximum absolute atomic E-state index is 2.42. The Morgan fingerprint density at radius 1 is 0.421 bits per heavy atom. The molecule has 8 aromatic rings. The topological polar surface area (TPSA) is 6.48 Å². The van der Waals surface area contributed by atoms with Crippen LogP contribution in [0.15, 0.2) is 206 Å². The zero-order chi connectivity index (χ0) is 38.4. The summed E-state index contributed by atoms with van der Waals surface area (Å²) in [7, 11) is 0. The molecule has 2 aliphatic carbocycles. The lowest BCUT2D eigenvalue weighted by atomic mass is 9.67. The van der Waals surface area contributed by atoms with E-state index in [4.69, 9.17) is 0 Å². The number of anilines is 6. The van der Waals surface area contributed by atoms with Crippen molar-refractivity contribution in [2.75, 3.05) is 9.80 Å². The van der Waals surface area contributed by atoms with Crippen LogP contribution in [0.4, 0.5) is 34.1 Å². The SMILES string of the molecule is CC1(C)c2ccccc2-c2ccc(N(c3ccccc3)c3ccc(C4(c5ccc(N(c6ccccc6)c6cccc7ccccc67)cc5)CC=CCC4)cc3)cc21. The predicted octanol–water partition coefficient (Wildman–Crippen LogP) is 15.1.